The highest BCUT2D eigenvalue weighted by Crippen LogP contribution is 2.41. The summed E-state index contributed by atoms with van der Waals surface area (Å²) in [4.78, 5) is 4.64. The molecule has 0 radical (unpaired) electrons. The Labute approximate surface area is 130 Å². The number of nitrogens with zero attached hydrogens (tertiary/aromatic N) is 4. The molecule has 2 aromatic rings. The van der Waals surface area contributed by atoms with Crippen LogP contribution in [0.15, 0.2) is 0 Å². The number of nitrogens with two attached hydrogens (primary N) is 1. The van der Waals surface area contributed by atoms with Crippen molar-refractivity contribution in [1.82, 2.24) is 19.3 Å². The molecule has 0 aliphatic heterocycles. The lowest BCUT2D eigenvalue weighted by atomic mass is 10.2. The molecule has 116 valence electrons. The SMILES string of the molecule is CCCc1nn(C)c2c1nc(N)n2C1CCCC1SCC. The molecular weight excluding hydrogens is 282 g/mol. The Bertz CT molecular complexity index is 630. The second-order valence-corrected chi connectivity index (χ2v) is 7.34. The molecule has 1 saturated carbocycles. The average molecular weight is 307 g/mol. The lowest BCUT2D eigenvalue weighted by Crippen LogP contribution is -2.19. The van der Waals surface area contributed by atoms with E-state index in [-0.39, 0.29) is 0 Å². The number of aromatic nitrogens is 4. The molecule has 2 unspecified atom stereocenters. The van der Waals surface area contributed by atoms with Crippen LogP contribution in [0.4, 0.5) is 5.95 Å². The van der Waals surface area contributed by atoms with Crippen LogP contribution in [0.3, 0.4) is 0 Å². The van der Waals surface area contributed by atoms with E-state index in [1.165, 1.54) is 19.3 Å². The lowest BCUT2D eigenvalue weighted by molar-refractivity contribution is 0.536. The van der Waals surface area contributed by atoms with Gasteiger partial charge in [0.25, 0.3) is 0 Å². The van der Waals surface area contributed by atoms with Crippen LogP contribution in [0.25, 0.3) is 11.2 Å². The minimum atomic E-state index is 0.463. The Hall–Kier alpha value is -1.17. The van der Waals surface area contributed by atoms with Gasteiger partial charge in [-0.15, -0.1) is 0 Å². The van der Waals surface area contributed by atoms with Gasteiger partial charge in [0.15, 0.2) is 5.65 Å². The molecule has 6 heteroatoms. The molecule has 5 nitrogen and oxygen atoms in total. The minimum absolute atomic E-state index is 0.463. The normalized spacial score (nSPS) is 22.4. The van der Waals surface area contributed by atoms with Crippen molar-refractivity contribution in [2.75, 3.05) is 11.5 Å². The fraction of sp³-hybridized carbons (Fsp3) is 0.733. The second kappa shape index (κ2) is 5.91. The largest absolute Gasteiger partial charge is 0.369 e. The molecule has 1 aliphatic rings. The van der Waals surface area contributed by atoms with Crippen LogP contribution in [0.2, 0.25) is 0 Å². The van der Waals surface area contributed by atoms with Crippen LogP contribution < -0.4 is 5.73 Å². The van der Waals surface area contributed by atoms with Crippen molar-refractivity contribution in [3.05, 3.63) is 5.69 Å². The van der Waals surface area contributed by atoms with Gasteiger partial charge in [0, 0.05) is 12.3 Å². The van der Waals surface area contributed by atoms with Crippen LogP contribution in [0.5, 0.6) is 0 Å². The third kappa shape index (κ3) is 2.43. The molecule has 0 spiro atoms. The molecule has 0 amide bonds. The smallest absolute Gasteiger partial charge is 0.202 e. The number of anilines is 1. The summed E-state index contributed by atoms with van der Waals surface area (Å²) in [5.41, 5.74) is 9.46. The number of rotatable bonds is 5. The van der Waals surface area contributed by atoms with E-state index >= 15 is 0 Å². The van der Waals surface area contributed by atoms with E-state index in [1.807, 2.05) is 11.7 Å². The summed E-state index contributed by atoms with van der Waals surface area (Å²) in [7, 11) is 2.01. The Kier molecular flexibility index (Phi) is 4.15. The highest BCUT2D eigenvalue weighted by molar-refractivity contribution is 7.99. The summed E-state index contributed by atoms with van der Waals surface area (Å²) in [6, 6.07) is 0.463. The van der Waals surface area contributed by atoms with E-state index in [9.17, 15) is 0 Å². The van der Waals surface area contributed by atoms with Gasteiger partial charge in [-0.05, 0) is 25.0 Å². The number of thioether (sulfide) groups is 1. The van der Waals surface area contributed by atoms with Crippen molar-refractivity contribution in [2.45, 2.75) is 57.2 Å². The first-order valence-corrected chi connectivity index (χ1v) is 9.03. The number of hydrogen-bond donors (Lipinski definition) is 1. The van der Waals surface area contributed by atoms with E-state index in [0.717, 1.165) is 35.5 Å². The number of nitrogen functional groups attached to an aromatic ring is 1. The molecule has 2 N–H and O–H groups in total. The molecule has 2 aromatic heterocycles. The molecule has 1 aliphatic carbocycles. The van der Waals surface area contributed by atoms with Gasteiger partial charge in [-0.3, -0.25) is 9.25 Å². The Morgan fingerprint density at radius 1 is 1.33 bits per heavy atom. The van der Waals surface area contributed by atoms with Crippen LogP contribution >= 0.6 is 11.8 Å². The van der Waals surface area contributed by atoms with E-state index < -0.39 is 0 Å². The van der Waals surface area contributed by atoms with Crippen LogP contribution in [0, 0.1) is 0 Å². The predicted octanol–water partition coefficient (Wildman–Crippen LogP) is 3.15. The first-order chi connectivity index (χ1) is 10.2. The molecular formula is C15H25N5S. The van der Waals surface area contributed by atoms with Gasteiger partial charge in [0.1, 0.15) is 5.52 Å². The first-order valence-electron chi connectivity index (χ1n) is 7.98. The number of fused-ring (bicyclic) bond motifs is 1. The van der Waals surface area contributed by atoms with Crippen LogP contribution in [0.1, 0.15) is 51.3 Å². The maximum atomic E-state index is 6.27. The van der Waals surface area contributed by atoms with Crippen LogP contribution in [-0.2, 0) is 13.5 Å². The van der Waals surface area contributed by atoms with E-state index in [0.29, 0.717) is 17.2 Å². The van der Waals surface area contributed by atoms with Gasteiger partial charge >= 0.3 is 0 Å². The van der Waals surface area contributed by atoms with Crippen molar-refractivity contribution in [3.63, 3.8) is 0 Å². The Morgan fingerprint density at radius 3 is 2.86 bits per heavy atom. The minimum Gasteiger partial charge on any atom is -0.369 e. The summed E-state index contributed by atoms with van der Waals surface area (Å²) in [6.07, 6.45) is 5.80. The molecule has 3 rings (SSSR count). The topological polar surface area (TPSA) is 61.7 Å². The molecule has 0 aromatic carbocycles. The number of hydrogen-bond acceptors (Lipinski definition) is 4. The van der Waals surface area contributed by atoms with Crippen LogP contribution in [-0.4, -0.2) is 30.3 Å². The highest BCUT2D eigenvalue weighted by atomic mass is 32.2. The summed E-state index contributed by atoms with van der Waals surface area (Å²) in [5, 5.41) is 5.31. The predicted molar refractivity (Wildman–Crippen MR) is 89.7 cm³/mol. The number of aryl methyl sites for hydroxylation is 2. The summed E-state index contributed by atoms with van der Waals surface area (Å²) >= 11 is 2.05. The molecule has 0 saturated heterocycles. The van der Waals surface area contributed by atoms with Gasteiger partial charge in [0.2, 0.25) is 5.95 Å². The van der Waals surface area contributed by atoms with Crippen molar-refractivity contribution in [3.8, 4) is 0 Å². The summed E-state index contributed by atoms with van der Waals surface area (Å²) in [5.74, 6) is 1.81. The zero-order chi connectivity index (χ0) is 15.0. The van der Waals surface area contributed by atoms with E-state index in [2.05, 4.69) is 40.3 Å². The third-order valence-corrected chi connectivity index (χ3v) is 5.69. The third-order valence-electron chi connectivity index (χ3n) is 4.38. The zero-order valence-electron chi connectivity index (χ0n) is 13.2. The Morgan fingerprint density at radius 2 is 2.14 bits per heavy atom. The summed E-state index contributed by atoms with van der Waals surface area (Å²) in [6.45, 7) is 4.40. The van der Waals surface area contributed by atoms with E-state index in [4.69, 9.17) is 5.73 Å². The van der Waals surface area contributed by atoms with Gasteiger partial charge in [-0.2, -0.15) is 16.9 Å². The van der Waals surface area contributed by atoms with Gasteiger partial charge < -0.3 is 5.73 Å². The Balaban J connectivity index is 2.07. The standard InChI is InChI=1S/C15H25N5S/c1-4-7-10-13-14(19(3)18-10)20(15(16)17-13)11-8-6-9-12(11)21-5-2/h11-12H,4-9H2,1-3H3,(H2,16,17). The molecule has 1 fully saturated rings. The van der Waals surface area contributed by atoms with Crippen molar-refractivity contribution in [2.24, 2.45) is 7.05 Å². The van der Waals surface area contributed by atoms with Crippen molar-refractivity contribution >= 4 is 28.9 Å². The number of imidazole rings is 1. The van der Waals surface area contributed by atoms with Gasteiger partial charge in [-0.25, -0.2) is 4.98 Å². The monoisotopic (exact) mass is 307 g/mol. The van der Waals surface area contributed by atoms with Gasteiger partial charge in [-0.1, -0.05) is 26.7 Å². The molecule has 0 bridgehead atoms. The first kappa shape index (κ1) is 14.8. The molecule has 2 atom stereocenters. The van der Waals surface area contributed by atoms with E-state index in [1.54, 1.807) is 0 Å². The average Bonchev–Trinajstić information content (AvgIpc) is 3.09. The zero-order valence-corrected chi connectivity index (χ0v) is 14.0. The quantitative estimate of drug-likeness (QED) is 0.921. The second-order valence-electron chi connectivity index (χ2n) is 5.82. The lowest BCUT2D eigenvalue weighted by Gasteiger charge is -2.21. The van der Waals surface area contributed by atoms with Crippen molar-refractivity contribution in [1.29, 1.82) is 0 Å². The van der Waals surface area contributed by atoms with Gasteiger partial charge in [0.05, 0.1) is 11.7 Å². The fourth-order valence-electron chi connectivity index (χ4n) is 3.56. The maximum absolute atomic E-state index is 6.27. The fourth-order valence-corrected chi connectivity index (χ4v) is 4.80. The summed E-state index contributed by atoms with van der Waals surface area (Å²) < 4.78 is 4.22. The van der Waals surface area contributed by atoms with Crippen molar-refractivity contribution < 1.29 is 0 Å². The molecule has 21 heavy (non-hydrogen) atoms. The molecule has 2 heterocycles. The maximum Gasteiger partial charge on any atom is 0.202 e. The highest BCUT2D eigenvalue weighted by Gasteiger charge is 2.32.